The largest absolute Gasteiger partial charge is 0.361 e. The minimum Gasteiger partial charge on any atom is -0.361 e. The van der Waals surface area contributed by atoms with Gasteiger partial charge in [0.25, 0.3) is 0 Å². The summed E-state index contributed by atoms with van der Waals surface area (Å²) in [6.45, 7) is 3.67. The number of unbranched alkanes of at least 4 members (excludes halogenated alkanes) is 1. The van der Waals surface area contributed by atoms with Crippen LogP contribution in [-0.4, -0.2) is 22.4 Å². The van der Waals surface area contributed by atoms with Crippen LogP contribution in [0.5, 0.6) is 0 Å². The van der Waals surface area contributed by atoms with Crippen molar-refractivity contribution in [3.05, 3.63) is 36.0 Å². The van der Waals surface area contributed by atoms with Gasteiger partial charge in [0, 0.05) is 35.8 Å². The van der Waals surface area contributed by atoms with Crippen LogP contribution in [-0.2, 0) is 6.54 Å². The molecule has 0 saturated carbocycles. The average Bonchev–Trinajstić information content (AvgIpc) is 2.91. The Hall–Kier alpha value is -2.39. The number of thiocarbonyl (C=S) groups is 1. The summed E-state index contributed by atoms with van der Waals surface area (Å²) in [5, 5.41) is 17.7. The second kappa shape index (κ2) is 8.91. The molecular weight excluding hydrogens is 306 g/mol. The van der Waals surface area contributed by atoms with E-state index in [0.29, 0.717) is 18.1 Å². The molecule has 6 heteroatoms. The van der Waals surface area contributed by atoms with Gasteiger partial charge in [-0.3, -0.25) is 5.43 Å². The van der Waals surface area contributed by atoms with E-state index in [9.17, 15) is 0 Å². The number of rotatable bonds is 7. The lowest BCUT2D eigenvalue weighted by Crippen LogP contribution is -2.32. The van der Waals surface area contributed by atoms with Gasteiger partial charge in [-0.15, -0.1) is 0 Å². The van der Waals surface area contributed by atoms with Gasteiger partial charge in [-0.1, -0.05) is 31.5 Å². The minimum absolute atomic E-state index is 0.485. The van der Waals surface area contributed by atoms with Crippen molar-refractivity contribution in [2.24, 2.45) is 5.10 Å². The van der Waals surface area contributed by atoms with Crippen LogP contribution in [0.1, 0.15) is 31.7 Å². The maximum absolute atomic E-state index is 8.78. The van der Waals surface area contributed by atoms with E-state index in [-0.39, 0.29) is 0 Å². The number of hydrazone groups is 1. The summed E-state index contributed by atoms with van der Waals surface area (Å²) >= 11 is 5.16. The summed E-state index contributed by atoms with van der Waals surface area (Å²) in [5.74, 6) is 0. The fourth-order valence-corrected chi connectivity index (χ4v) is 2.47. The van der Waals surface area contributed by atoms with Crippen LogP contribution in [0.2, 0.25) is 0 Å². The zero-order chi connectivity index (χ0) is 16.5. The minimum atomic E-state index is 0.485. The predicted octanol–water partition coefficient (Wildman–Crippen LogP) is 3.15. The molecule has 120 valence electrons. The van der Waals surface area contributed by atoms with Crippen LogP contribution in [0.15, 0.2) is 35.6 Å². The smallest absolute Gasteiger partial charge is 0.186 e. The molecule has 0 unspecified atom stereocenters. The Labute approximate surface area is 142 Å². The number of aryl methyl sites for hydroxylation is 1. The average molecular weight is 327 g/mol. The molecule has 1 aromatic carbocycles. The number of para-hydroxylation sites is 1. The van der Waals surface area contributed by atoms with Gasteiger partial charge in [0.2, 0.25) is 0 Å². The van der Waals surface area contributed by atoms with Gasteiger partial charge in [0.15, 0.2) is 5.11 Å². The number of nitrogens with one attached hydrogen (secondary N) is 2. The van der Waals surface area contributed by atoms with Crippen LogP contribution in [0.3, 0.4) is 0 Å². The Balaban J connectivity index is 2.06. The van der Waals surface area contributed by atoms with Gasteiger partial charge in [0.05, 0.1) is 18.7 Å². The van der Waals surface area contributed by atoms with Crippen LogP contribution in [0.4, 0.5) is 0 Å². The molecule has 23 heavy (non-hydrogen) atoms. The third kappa shape index (κ3) is 4.80. The fraction of sp³-hybridized carbons (Fsp3) is 0.353. The topological polar surface area (TPSA) is 65.1 Å². The standard InChI is InChI=1S/C17H21N5S/c1-2-3-10-19-17(23)21-20-12-14-13-22(11-6-9-18)16-8-5-4-7-15(14)16/h4-5,7-8,12-13H,2-3,6,10-11H2,1H3,(H2,19,21,23)/b20-12-. The van der Waals surface area contributed by atoms with E-state index in [4.69, 9.17) is 17.5 Å². The lowest BCUT2D eigenvalue weighted by molar-refractivity contribution is 0.743. The first-order valence-electron chi connectivity index (χ1n) is 7.78. The zero-order valence-corrected chi connectivity index (χ0v) is 14.1. The number of hydrogen-bond donors (Lipinski definition) is 2. The van der Waals surface area contributed by atoms with Gasteiger partial charge in [0.1, 0.15) is 0 Å². The fourth-order valence-electron chi connectivity index (χ4n) is 2.31. The third-order valence-corrected chi connectivity index (χ3v) is 3.71. The van der Waals surface area contributed by atoms with E-state index in [0.717, 1.165) is 35.9 Å². The number of nitrogens with zero attached hydrogens (tertiary/aromatic N) is 3. The molecule has 2 N–H and O–H groups in total. The molecular formula is C17H21N5S. The molecule has 5 nitrogen and oxygen atoms in total. The lowest BCUT2D eigenvalue weighted by Gasteiger charge is -2.04. The van der Waals surface area contributed by atoms with Crippen LogP contribution >= 0.6 is 12.2 Å². The van der Waals surface area contributed by atoms with Gasteiger partial charge >= 0.3 is 0 Å². The molecule has 0 aliphatic carbocycles. The highest BCUT2D eigenvalue weighted by molar-refractivity contribution is 7.80. The van der Waals surface area contributed by atoms with E-state index in [1.807, 2.05) is 18.3 Å². The summed E-state index contributed by atoms with van der Waals surface area (Å²) in [6.07, 6.45) is 6.47. The highest BCUT2D eigenvalue weighted by Crippen LogP contribution is 2.20. The summed E-state index contributed by atoms with van der Waals surface area (Å²) in [4.78, 5) is 0. The molecule has 2 rings (SSSR count). The Bertz CT molecular complexity index is 726. The summed E-state index contributed by atoms with van der Waals surface area (Å²) in [6, 6.07) is 10.3. The SMILES string of the molecule is CCCCNC(=S)N/N=C\c1cn(CCC#N)c2ccccc12. The summed E-state index contributed by atoms with van der Waals surface area (Å²) in [7, 11) is 0. The van der Waals surface area contributed by atoms with Crippen molar-refractivity contribution in [3.63, 3.8) is 0 Å². The lowest BCUT2D eigenvalue weighted by atomic mass is 10.2. The molecule has 0 spiro atoms. The van der Waals surface area contributed by atoms with Crippen molar-refractivity contribution in [2.45, 2.75) is 32.7 Å². The maximum Gasteiger partial charge on any atom is 0.186 e. The maximum atomic E-state index is 8.78. The molecule has 0 aliphatic heterocycles. The van der Waals surface area contributed by atoms with Gasteiger partial charge in [-0.25, -0.2) is 0 Å². The van der Waals surface area contributed by atoms with Gasteiger partial charge in [-0.2, -0.15) is 10.4 Å². The number of nitriles is 1. The number of fused-ring (bicyclic) bond motifs is 1. The van der Waals surface area contributed by atoms with Crippen molar-refractivity contribution < 1.29 is 0 Å². The first-order valence-corrected chi connectivity index (χ1v) is 8.18. The van der Waals surface area contributed by atoms with E-state index in [2.05, 4.69) is 45.5 Å². The molecule has 0 bridgehead atoms. The highest BCUT2D eigenvalue weighted by Gasteiger charge is 2.06. The molecule has 0 aliphatic rings. The molecule has 0 atom stereocenters. The highest BCUT2D eigenvalue weighted by atomic mass is 32.1. The van der Waals surface area contributed by atoms with Crippen molar-refractivity contribution in [2.75, 3.05) is 6.54 Å². The Morgan fingerprint density at radius 3 is 3.04 bits per heavy atom. The van der Waals surface area contributed by atoms with E-state index in [1.165, 1.54) is 0 Å². The molecule has 0 saturated heterocycles. The second-order valence-electron chi connectivity index (χ2n) is 5.18. The van der Waals surface area contributed by atoms with Crippen LogP contribution in [0.25, 0.3) is 10.9 Å². The summed E-state index contributed by atoms with van der Waals surface area (Å²) < 4.78 is 2.08. The molecule has 1 aromatic heterocycles. The number of hydrogen-bond acceptors (Lipinski definition) is 3. The molecule has 2 aromatic rings. The van der Waals surface area contributed by atoms with Gasteiger partial charge < -0.3 is 9.88 Å². The van der Waals surface area contributed by atoms with E-state index >= 15 is 0 Å². The Morgan fingerprint density at radius 2 is 2.26 bits per heavy atom. The second-order valence-corrected chi connectivity index (χ2v) is 5.59. The Morgan fingerprint density at radius 1 is 1.43 bits per heavy atom. The first-order chi connectivity index (χ1) is 11.3. The third-order valence-electron chi connectivity index (χ3n) is 3.47. The van der Waals surface area contributed by atoms with Crippen LogP contribution < -0.4 is 10.7 Å². The van der Waals surface area contributed by atoms with Crippen LogP contribution in [0, 0.1) is 11.3 Å². The normalized spacial score (nSPS) is 10.8. The molecule has 0 fully saturated rings. The molecule has 0 radical (unpaired) electrons. The zero-order valence-electron chi connectivity index (χ0n) is 13.2. The van der Waals surface area contributed by atoms with Crippen molar-refractivity contribution in [1.82, 2.24) is 15.3 Å². The number of benzene rings is 1. The quantitative estimate of drug-likeness (QED) is 0.355. The van der Waals surface area contributed by atoms with Crippen molar-refractivity contribution in [1.29, 1.82) is 5.26 Å². The molecule has 0 amide bonds. The van der Waals surface area contributed by atoms with Crippen molar-refractivity contribution in [3.8, 4) is 6.07 Å². The van der Waals surface area contributed by atoms with E-state index < -0.39 is 0 Å². The van der Waals surface area contributed by atoms with Crippen molar-refractivity contribution >= 4 is 34.4 Å². The summed E-state index contributed by atoms with van der Waals surface area (Å²) in [5.41, 5.74) is 4.94. The molecule has 1 heterocycles. The Kier molecular flexibility index (Phi) is 6.57. The number of aromatic nitrogens is 1. The first kappa shape index (κ1) is 17.0. The van der Waals surface area contributed by atoms with Gasteiger partial charge in [-0.05, 0) is 24.7 Å². The monoisotopic (exact) mass is 327 g/mol. The van der Waals surface area contributed by atoms with E-state index in [1.54, 1.807) is 6.21 Å². The predicted molar refractivity (Wildman–Crippen MR) is 98.4 cm³/mol.